The van der Waals surface area contributed by atoms with Crippen LogP contribution < -0.4 is 0 Å². The Balaban J connectivity index is 4.75. The van der Waals surface area contributed by atoms with Crippen LogP contribution in [0.25, 0.3) is 0 Å². The van der Waals surface area contributed by atoms with Crippen LogP contribution in [0, 0.1) is 11.3 Å². The molecule has 0 aromatic carbocycles. The summed E-state index contributed by atoms with van der Waals surface area (Å²) in [5, 5.41) is 0. The summed E-state index contributed by atoms with van der Waals surface area (Å²) in [6.07, 6.45) is -4.47. The van der Waals surface area contributed by atoms with Crippen LogP contribution in [-0.4, -0.2) is 12.5 Å². The molecule has 0 radical (unpaired) electrons. The summed E-state index contributed by atoms with van der Waals surface area (Å²) in [6, 6.07) is 0. The third-order valence-corrected chi connectivity index (χ3v) is 2.05. The van der Waals surface area contributed by atoms with Crippen LogP contribution in [0.15, 0.2) is 0 Å². The average Bonchev–Trinajstić information content (AvgIpc) is 1.83. The molecule has 66 valence electrons. The number of alkyl halides is 3. The summed E-state index contributed by atoms with van der Waals surface area (Å²) in [6.45, 7) is 3.66. The molecule has 0 heterocycles. The molecule has 0 aromatic rings. The van der Waals surface area contributed by atoms with E-state index in [0.29, 0.717) is 0 Å². The van der Waals surface area contributed by atoms with Crippen molar-refractivity contribution in [3.05, 3.63) is 0 Å². The van der Waals surface area contributed by atoms with Crippen LogP contribution in [-0.2, 0) is 4.79 Å². The molecule has 1 unspecified atom stereocenters. The molecule has 0 saturated carbocycles. The molecule has 0 N–H and O–H groups in total. The van der Waals surface area contributed by atoms with Crippen molar-refractivity contribution < 1.29 is 18.0 Å². The van der Waals surface area contributed by atoms with E-state index in [2.05, 4.69) is 0 Å². The summed E-state index contributed by atoms with van der Waals surface area (Å²) in [4.78, 5) is 10.2. The molecule has 1 atom stereocenters. The molecule has 0 aliphatic carbocycles. The number of rotatable bonds is 2. The van der Waals surface area contributed by atoms with Gasteiger partial charge in [-0.15, -0.1) is 0 Å². The molecule has 11 heavy (non-hydrogen) atoms. The molecule has 4 heteroatoms. The zero-order valence-electron chi connectivity index (χ0n) is 6.70. The van der Waals surface area contributed by atoms with Crippen molar-refractivity contribution in [1.29, 1.82) is 0 Å². The summed E-state index contributed by atoms with van der Waals surface area (Å²) in [5.41, 5.74) is -2.20. The van der Waals surface area contributed by atoms with Gasteiger partial charge in [-0.3, -0.25) is 0 Å². The Morgan fingerprint density at radius 1 is 1.27 bits per heavy atom. The first-order valence-electron chi connectivity index (χ1n) is 3.28. The van der Waals surface area contributed by atoms with E-state index in [1.807, 2.05) is 0 Å². The van der Waals surface area contributed by atoms with Crippen LogP contribution in [0.3, 0.4) is 0 Å². The van der Waals surface area contributed by atoms with E-state index in [9.17, 15) is 18.0 Å². The normalized spacial score (nSPS) is 18.1. The second-order valence-electron chi connectivity index (χ2n) is 3.05. The number of halogens is 3. The fraction of sp³-hybridized carbons (Fsp3) is 0.857. The molecule has 1 nitrogen and oxygen atoms in total. The lowest BCUT2D eigenvalue weighted by Gasteiger charge is -2.29. The van der Waals surface area contributed by atoms with E-state index >= 15 is 0 Å². The lowest BCUT2D eigenvalue weighted by Crippen LogP contribution is -2.41. The van der Waals surface area contributed by atoms with Crippen molar-refractivity contribution in [2.45, 2.75) is 26.9 Å². The molecule has 0 rings (SSSR count). The van der Waals surface area contributed by atoms with Crippen molar-refractivity contribution in [2.75, 3.05) is 0 Å². The molecule has 0 bridgehead atoms. The molecule has 0 saturated heterocycles. The maximum atomic E-state index is 12.1. The minimum absolute atomic E-state index is 0.0301. The molecule has 0 aliphatic rings. The van der Waals surface area contributed by atoms with Gasteiger partial charge in [-0.2, -0.15) is 13.2 Å². The highest BCUT2D eigenvalue weighted by Gasteiger charge is 2.53. The number of hydrogen-bond donors (Lipinski definition) is 0. The Hall–Kier alpha value is -0.540. The van der Waals surface area contributed by atoms with Gasteiger partial charge in [0.25, 0.3) is 0 Å². The monoisotopic (exact) mass is 168 g/mol. The lowest BCUT2D eigenvalue weighted by molar-refractivity contribution is -0.220. The number of aldehydes is 1. The van der Waals surface area contributed by atoms with Crippen molar-refractivity contribution in [1.82, 2.24) is 0 Å². The van der Waals surface area contributed by atoms with Gasteiger partial charge in [0.1, 0.15) is 11.7 Å². The van der Waals surface area contributed by atoms with Gasteiger partial charge in [0.15, 0.2) is 0 Å². The van der Waals surface area contributed by atoms with Crippen LogP contribution in [0.4, 0.5) is 13.2 Å². The highest BCUT2D eigenvalue weighted by atomic mass is 19.4. The van der Waals surface area contributed by atoms with Crippen molar-refractivity contribution in [3.8, 4) is 0 Å². The standard InChI is InChI=1S/C7H11F3O/c1-5(2)6(3,4-11)7(8,9)10/h4-5H,1-3H3. The fourth-order valence-corrected chi connectivity index (χ4v) is 0.530. The van der Waals surface area contributed by atoms with Gasteiger partial charge in [-0.05, 0) is 12.8 Å². The van der Waals surface area contributed by atoms with E-state index in [1.54, 1.807) is 0 Å². The van der Waals surface area contributed by atoms with Crippen LogP contribution in [0.2, 0.25) is 0 Å². The molecule has 0 fully saturated rings. The first-order valence-corrected chi connectivity index (χ1v) is 3.28. The van der Waals surface area contributed by atoms with Crippen molar-refractivity contribution in [3.63, 3.8) is 0 Å². The Bertz CT molecular complexity index is 150. The maximum absolute atomic E-state index is 12.1. The third kappa shape index (κ3) is 1.73. The fourth-order valence-electron chi connectivity index (χ4n) is 0.530. The van der Waals surface area contributed by atoms with E-state index in [1.165, 1.54) is 13.8 Å². The Kier molecular flexibility index (Phi) is 2.69. The molecular weight excluding hydrogens is 157 g/mol. The number of hydrogen-bond acceptors (Lipinski definition) is 1. The summed E-state index contributed by atoms with van der Waals surface area (Å²) in [5.74, 6) is -0.722. The second-order valence-corrected chi connectivity index (χ2v) is 3.05. The largest absolute Gasteiger partial charge is 0.400 e. The Labute approximate surface area is 63.6 Å². The summed E-state index contributed by atoms with van der Waals surface area (Å²) in [7, 11) is 0. The minimum Gasteiger partial charge on any atom is -0.302 e. The van der Waals surface area contributed by atoms with Gasteiger partial charge >= 0.3 is 6.18 Å². The summed E-state index contributed by atoms with van der Waals surface area (Å²) >= 11 is 0. The smallest absolute Gasteiger partial charge is 0.302 e. The van der Waals surface area contributed by atoms with Crippen LogP contribution >= 0.6 is 0 Å². The van der Waals surface area contributed by atoms with E-state index < -0.39 is 17.5 Å². The predicted molar refractivity (Wildman–Crippen MR) is 35.1 cm³/mol. The first-order chi connectivity index (χ1) is 4.75. The minimum atomic E-state index is -4.44. The topological polar surface area (TPSA) is 17.1 Å². The Morgan fingerprint density at radius 2 is 1.64 bits per heavy atom. The predicted octanol–water partition coefficient (Wildman–Crippen LogP) is 2.41. The van der Waals surface area contributed by atoms with Gasteiger partial charge in [-0.1, -0.05) is 13.8 Å². The van der Waals surface area contributed by atoms with E-state index in [4.69, 9.17) is 0 Å². The molecular formula is C7H11F3O. The molecule has 0 aromatic heterocycles. The Morgan fingerprint density at radius 3 is 1.64 bits per heavy atom. The van der Waals surface area contributed by atoms with E-state index in [0.717, 1.165) is 6.92 Å². The van der Waals surface area contributed by atoms with Gasteiger partial charge in [0, 0.05) is 0 Å². The maximum Gasteiger partial charge on any atom is 0.400 e. The second kappa shape index (κ2) is 2.83. The van der Waals surface area contributed by atoms with Gasteiger partial charge in [0.2, 0.25) is 0 Å². The first kappa shape index (κ1) is 10.5. The molecule has 0 amide bonds. The van der Waals surface area contributed by atoms with Gasteiger partial charge < -0.3 is 4.79 Å². The number of carbonyl (C=O) groups excluding carboxylic acids is 1. The zero-order valence-corrected chi connectivity index (χ0v) is 6.70. The van der Waals surface area contributed by atoms with Gasteiger partial charge in [-0.25, -0.2) is 0 Å². The van der Waals surface area contributed by atoms with E-state index in [-0.39, 0.29) is 6.29 Å². The van der Waals surface area contributed by atoms with Crippen molar-refractivity contribution in [2.24, 2.45) is 11.3 Å². The van der Waals surface area contributed by atoms with Crippen LogP contribution in [0.1, 0.15) is 20.8 Å². The summed E-state index contributed by atoms with van der Waals surface area (Å²) < 4.78 is 36.4. The number of carbonyl (C=O) groups is 1. The third-order valence-electron chi connectivity index (χ3n) is 2.05. The molecule has 0 spiro atoms. The highest BCUT2D eigenvalue weighted by molar-refractivity contribution is 5.60. The SMILES string of the molecule is CC(C)C(C)(C=O)C(F)(F)F. The zero-order chi connectivity index (χ0) is 9.28. The van der Waals surface area contributed by atoms with Crippen molar-refractivity contribution >= 4 is 6.29 Å². The quantitative estimate of drug-likeness (QED) is 0.578. The lowest BCUT2D eigenvalue weighted by atomic mass is 9.80. The average molecular weight is 168 g/mol. The van der Waals surface area contributed by atoms with Crippen LogP contribution in [0.5, 0.6) is 0 Å². The molecule has 0 aliphatic heterocycles. The van der Waals surface area contributed by atoms with Gasteiger partial charge in [0.05, 0.1) is 0 Å². The highest BCUT2D eigenvalue weighted by Crippen LogP contribution is 2.41.